The Morgan fingerprint density at radius 2 is 1.93 bits per heavy atom. The fourth-order valence-electron chi connectivity index (χ4n) is 2.39. The summed E-state index contributed by atoms with van der Waals surface area (Å²) in [6.07, 6.45) is 0. The summed E-state index contributed by atoms with van der Waals surface area (Å²) in [6.45, 7) is 0.927. The molecule has 3 aromatic rings. The predicted octanol–water partition coefficient (Wildman–Crippen LogP) is 2.93. The lowest BCUT2D eigenvalue weighted by molar-refractivity contribution is -0.383. The van der Waals surface area contributed by atoms with Gasteiger partial charge in [0.2, 0.25) is 0 Å². The van der Waals surface area contributed by atoms with Crippen LogP contribution in [-0.4, -0.2) is 38.4 Å². The van der Waals surface area contributed by atoms with E-state index in [1.54, 1.807) is 31.2 Å². The van der Waals surface area contributed by atoms with E-state index in [9.17, 15) is 19.7 Å². The maximum absolute atomic E-state index is 12.2. The van der Waals surface area contributed by atoms with Gasteiger partial charge in [-0.25, -0.2) is 4.79 Å². The number of nitro benzene ring substituents is 1. The summed E-state index contributed by atoms with van der Waals surface area (Å²) in [4.78, 5) is 35.9. The molecule has 0 fully saturated rings. The van der Waals surface area contributed by atoms with E-state index >= 15 is 0 Å². The highest BCUT2D eigenvalue weighted by Gasteiger charge is 2.21. The van der Waals surface area contributed by atoms with Crippen LogP contribution in [0.2, 0.25) is 5.02 Å². The molecule has 0 radical (unpaired) electrons. The molecule has 1 aromatic heterocycles. The number of nitro groups is 1. The van der Waals surface area contributed by atoms with Crippen molar-refractivity contribution in [2.45, 2.75) is 6.92 Å². The molecule has 0 aliphatic rings. The van der Waals surface area contributed by atoms with Crippen LogP contribution >= 0.6 is 11.6 Å². The number of nitrogens with zero attached hydrogens (tertiary/aromatic N) is 4. The van der Waals surface area contributed by atoms with Crippen LogP contribution in [0.3, 0.4) is 0 Å². The Hall–Kier alpha value is -3.79. The number of carbonyl (C=O) groups excluding carboxylic acids is 2. The molecule has 0 saturated carbocycles. The number of nitrogens with one attached hydrogen (secondary N) is 1. The third-order valence-corrected chi connectivity index (χ3v) is 3.96. The number of esters is 1. The Labute approximate surface area is 169 Å². The van der Waals surface area contributed by atoms with E-state index < -0.39 is 23.4 Å². The molecule has 0 spiro atoms. The summed E-state index contributed by atoms with van der Waals surface area (Å²) in [7, 11) is 0. The highest BCUT2D eigenvalue weighted by molar-refractivity contribution is 6.31. The van der Waals surface area contributed by atoms with Crippen molar-refractivity contribution in [3.05, 3.63) is 75.1 Å². The van der Waals surface area contributed by atoms with Crippen molar-refractivity contribution in [3.8, 4) is 5.69 Å². The Kier molecular flexibility index (Phi) is 5.84. The number of hydrogen-bond donors (Lipinski definition) is 1. The van der Waals surface area contributed by atoms with Crippen LogP contribution < -0.4 is 5.32 Å². The topological polar surface area (TPSA) is 129 Å². The molecule has 3 rings (SSSR count). The number of anilines is 1. The summed E-state index contributed by atoms with van der Waals surface area (Å²) >= 11 is 5.73. The van der Waals surface area contributed by atoms with Crippen LogP contribution in [0.15, 0.2) is 48.5 Å². The van der Waals surface area contributed by atoms with Crippen molar-refractivity contribution >= 4 is 34.9 Å². The SMILES string of the molecule is Cc1nn(-c2ccccc2)nc1C(=O)OCC(=O)Nc1ccc(Cl)cc1[N+](=O)[O-]. The van der Waals surface area contributed by atoms with E-state index in [0.717, 1.165) is 6.07 Å². The van der Waals surface area contributed by atoms with Gasteiger partial charge in [0.1, 0.15) is 5.69 Å². The van der Waals surface area contributed by atoms with Gasteiger partial charge in [0, 0.05) is 11.1 Å². The summed E-state index contributed by atoms with van der Waals surface area (Å²) in [5.41, 5.74) is 0.500. The smallest absolute Gasteiger partial charge is 0.361 e. The van der Waals surface area contributed by atoms with Gasteiger partial charge in [-0.1, -0.05) is 29.8 Å². The van der Waals surface area contributed by atoms with Gasteiger partial charge in [0.15, 0.2) is 12.3 Å². The zero-order valence-corrected chi connectivity index (χ0v) is 15.8. The first-order valence-corrected chi connectivity index (χ1v) is 8.63. The molecule has 1 amide bonds. The number of carbonyl (C=O) groups is 2. The number of aromatic nitrogens is 3. The molecule has 11 heteroatoms. The quantitative estimate of drug-likeness (QED) is 0.372. The van der Waals surface area contributed by atoms with Crippen LogP contribution in [0.1, 0.15) is 16.2 Å². The van der Waals surface area contributed by atoms with Gasteiger partial charge in [0.05, 0.1) is 16.3 Å². The van der Waals surface area contributed by atoms with Crippen LogP contribution in [0.5, 0.6) is 0 Å². The molecule has 0 aliphatic heterocycles. The second-order valence-electron chi connectivity index (χ2n) is 5.80. The minimum Gasteiger partial charge on any atom is -0.451 e. The number of aryl methyl sites for hydroxylation is 1. The number of halogens is 1. The van der Waals surface area contributed by atoms with Gasteiger partial charge in [0.25, 0.3) is 11.6 Å². The van der Waals surface area contributed by atoms with Crippen LogP contribution in [0.25, 0.3) is 5.69 Å². The van der Waals surface area contributed by atoms with E-state index in [1.165, 1.54) is 16.9 Å². The van der Waals surface area contributed by atoms with E-state index in [-0.39, 0.29) is 22.1 Å². The molecule has 29 heavy (non-hydrogen) atoms. The Bertz CT molecular complexity index is 1080. The molecular weight excluding hydrogens is 402 g/mol. The maximum Gasteiger partial charge on any atom is 0.361 e. The lowest BCUT2D eigenvalue weighted by Gasteiger charge is -2.07. The number of ether oxygens (including phenoxy) is 1. The Balaban J connectivity index is 1.65. The van der Waals surface area contributed by atoms with Crippen molar-refractivity contribution in [2.24, 2.45) is 0 Å². The standard InChI is InChI=1S/C18H14ClN5O5/c1-11-17(22-23(21-11)13-5-3-2-4-6-13)18(26)29-10-16(25)20-14-8-7-12(19)9-15(14)24(27)28/h2-9H,10H2,1H3,(H,20,25). The van der Waals surface area contributed by atoms with Crippen molar-refractivity contribution < 1.29 is 19.2 Å². The zero-order valence-electron chi connectivity index (χ0n) is 15.0. The zero-order chi connectivity index (χ0) is 21.0. The highest BCUT2D eigenvalue weighted by atomic mass is 35.5. The minimum absolute atomic E-state index is 0.0425. The first-order valence-electron chi connectivity index (χ1n) is 8.25. The minimum atomic E-state index is -0.842. The van der Waals surface area contributed by atoms with Crippen molar-refractivity contribution in [3.63, 3.8) is 0 Å². The average molecular weight is 416 g/mol. The molecule has 148 valence electrons. The average Bonchev–Trinajstić information content (AvgIpc) is 3.10. The van der Waals surface area contributed by atoms with Crippen molar-refractivity contribution in [1.29, 1.82) is 0 Å². The van der Waals surface area contributed by atoms with Gasteiger partial charge in [-0.15, -0.1) is 5.10 Å². The monoisotopic (exact) mass is 415 g/mol. The molecule has 1 heterocycles. The van der Waals surface area contributed by atoms with Gasteiger partial charge >= 0.3 is 5.97 Å². The lowest BCUT2D eigenvalue weighted by atomic mass is 10.2. The number of para-hydroxylation sites is 1. The second-order valence-corrected chi connectivity index (χ2v) is 6.24. The maximum atomic E-state index is 12.2. The molecule has 2 aromatic carbocycles. The summed E-state index contributed by atoms with van der Waals surface area (Å²) in [5.74, 6) is -1.60. The molecular formula is C18H14ClN5O5. The fourth-order valence-corrected chi connectivity index (χ4v) is 2.56. The molecule has 0 saturated heterocycles. The van der Waals surface area contributed by atoms with Crippen LogP contribution in [0, 0.1) is 17.0 Å². The highest BCUT2D eigenvalue weighted by Crippen LogP contribution is 2.27. The third kappa shape index (κ3) is 4.74. The van der Waals surface area contributed by atoms with E-state index in [2.05, 4.69) is 15.5 Å². The van der Waals surface area contributed by atoms with Crippen LogP contribution in [0.4, 0.5) is 11.4 Å². The number of hydrogen-bond acceptors (Lipinski definition) is 7. The molecule has 0 atom stereocenters. The molecule has 1 N–H and O–H groups in total. The Morgan fingerprint density at radius 3 is 2.62 bits per heavy atom. The molecule has 0 aliphatic carbocycles. The number of benzene rings is 2. The second kappa shape index (κ2) is 8.48. The lowest BCUT2D eigenvalue weighted by Crippen LogP contribution is -2.22. The molecule has 10 nitrogen and oxygen atoms in total. The van der Waals surface area contributed by atoms with E-state index in [0.29, 0.717) is 11.4 Å². The summed E-state index contributed by atoms with van der Waals surface area (Å²) < 4.78 is 4.95. The largest absolute Gasteiger partial charge is 0.451 e. The van der Waals surface area contributed by atoms with Crippen molar-refractivity contribution in [2.75, 3.05) is 11.9 Å². The first kappa shape index (κ1) is 20.0. The Morgan fingerprint density at radius 1 is 1.21 bits per heavy atom. The molecule has 0 bridgehead atoms. The number of amides is 1. The van der Waals surface area contributed by atoms with E-state index in [4.69, 9.17) is 16.3 Å². The third-order valence-electron chi connectivity index (χ3n) is 3.73. The van der Waals surface area contributed by atoms with Crippen molar-refractivity contribution in [1.82, 2.24) is 15.0 Å². The predicted molar refractivity (Wildman–Crippen MR) is 103 cm³/mol. The fraction of sp³-hybridized carbons (Fsp3) is 0.111. The summed E-state index contributed by atoms with van der Waals surface area (Å²) in [5, 5.41) is 21.8. The van der Waals surface area contributed by atoms with Crippen LogP contribution in [-0.2, 0) is 9.53 Å². The van der Waals surface area contributed by atoms with Gasteiger partial charge in [-0.05, 0) is 31.2 Å². The summed E-state index contributed by atoms with van der Waals surface area (Å²) in [6, 6.07) is 12.7. The van der Waals surface area contributed by atoms with Gasteiger partial charge in [-0.2, -0.15) is 9.90 Å². The molecule has 0 unspecified atom stereocenters. The van der Waals surface area contributed by atoms with Gasteiger partial charge < -0.3 is 10.1 Å². The van der Waals surface area contributed by atoms with E-state index in [1.807, 2.05) is 6.07 Å². The first-order chi connectivity index (χ1) is 13.8. The number of rotatable bonds is 6. The van der Waals surface area contributed by atoms with Gasteiger partial charge in [-0.3, -0.25) is 14.9 Å². The normalized spacial score (nSPS) is 10.4.